The standard InChI is InChI=1S/C15H18F6N2/c16-14(17,18)5-4-13(23-8-6-22-7-9-23)11-2-1-3-12(10-11)15(19,20)21/h1-3,10,13,22H,4-9H2/t13-/m0/s1. The third-order valence-electron chi connectivity index (χ3n) is 3.89. The molecule has 8 heteroatoms. The third-order valence-corrected chi connectivity index (χ3v) is 3.89. The highest BCUT2D eigenvalue weighted by Gasteiger charge is 2.34. The van der Waals surface area contributed by atoms with Crippen LogP contribution in [0.5, 0.6) is 0 Å². The Kier molecular flexibility index (Phi) is 5.57. The first-order valence-electron chi connectivity index (χ1n) is 7.35. The van der Waals surface area contributed by atoms with E-state index in [1.807, 2.05) is 4.90 Å². The van der Waals surface area contributed by atoms with E-state index in [1.165, 1.54) is 12.1 Å². The maximum atomic E-state index is 12.8. The van der Waals surface area contributed by atoms with Crippen LogP contribution in [0.3, 0.4) is 0 Å². The van der Waals surface area contributed by atoms with Crippen LogP contribution in [0.1, 0.15) is 30.0 Å². The maximum Gasteiger partial charge on any atom is 0.416 e. The molecule has 0 aromatic heterocycles. The summed E-state index contributed by atoms with van der Waals surface area (Å²) in [7, 11) is 0. The van der Waals surface area contributed by atoms with E-state index >= 15 is 0 Å². The zero-order chi connectivity index (χ0) is 17.1. The Hall–Kier alpha value is -1.28. The van der Waals surface area contributed by atoms with Crippen LogP contribution >= 0.6 is 0 Å². The molecule has 1 aliphatic heterocycles. The number of nitrogens with zero attached hydrogens (tertiary/aromatic N) is 1. The Labute approximate surface area is 130 Å². The monoisotopic (exact) mass is 340 g/mol. The lowest BCUT2D eigenvalue weighted by Gasteiger charge is -2.35. The SMILES string of the molecule is FC(F)(F)CC[C@@H](c1cccc(C(F)(F)F)c1)N1CCNCC1. The highest BCUT2D eigenvalue weighted by atomic mass is 19.4. The predicted molar refractivity (Wildman–Crippen MR) is 73.9 cm³/mol. The van der Waals surface area contributed by atoms with Crippen LogP contribution in [-0.4, -0.2) is 37.3 Å². The summed E-state index contributed by atoms with van der Waals surface area (Å²) in [6.07, 6.45) is -10.1. The average Bonchev–Trinajstić information content (AvgIpc) is 2.47. The van der Waals surface area contributed by atoms with E-state index in [1.54, 1.807) is 0 Å². The fourth-order valence-electron chi connectivity index (χ4n) is 2.78. The summed E-state index contributed by atoms with van der Waals surface area (Å²) in [5.74, 6) is 0. The van der Waals surface area contributed by atoms with Crippen LogP contribution in [0.25, 0.3) is 0 Å². The quantitative estimate of drug-likeness (QED) is 0.834. The number of nitrogens with one attached hydrogen (secondary N) is 1. The Bertz CT molecular complexity index is 505. The second-order valence-corrected chi connectivity index (χ2v) is 5.58. The lowest BCUT2D eigenvalue weighted by molar-refractivity contribution is -0.140. The molecule has 1 atom stereocenters. The van der Waals surface area contributed by atoms with Gasteiger partial charge in [0.05, 0.1) is 5.56 Å². The molecule has 0 bridgehead atoms. The maximum absolute atomic E-state index is 12.8. The number of benzene rings is 1. The summed E-state index contributed by atoms with van der Waals surface area (Å²) in [5, 5.41) is 3.09. The van der Waals surface area contributed by atoms with Crippen LogP contribution in [0.4, 0.5) is 26.3 Å². The van der Waals surface area contributed by atoms with E-state index in [4.69, 9.17) is 0 Å². The van der Waals surface area contributed by atoms with Crippen molar-refractivity contribution >= 4 is 0 Å². The number of alkyl halides is 6. The van der Waals surface area contributed by atoms with Crippen molar-refractivity contribution in [3.05, 3.63) is 35.4 Å². The highest BCUT2D eigenvalue weighted by Crippen LogP contribution is 2.35. The molecule has 1 aromatic carbocycles. The van der Waals surface area contributed by atoms with E-state index in [0.29, 0.717) is 26.2 Å². The minimum absolute atomic E-state index is 0.245. The van der Waals surface area contributed by atoms with Gasteiger partial charge in [-0.15, -0.1) is 0 Å². The molecule has 0 radical (unpaired) electrons. The molecule has 1 saturated heterocycles. The minimum atomic E-state index is -4.51. The molecule has 130 valence electrons. The van der Waals surface area contributed by atoms with Crippen molar-refractivity contribution in [1.29, 1.82) is 0 Å². The van der Waals surface area contributed by atoms with Crippen molar-refractivity contribution in [1.82, 2.24) is 10.2 Å². The van der Waals surface area contributed by atoms with E-state index in [-0.39, 0.29) is 12.0 Å². The van der Waals surface area contributed by atoms with Gasteiger partial charge in [-0.3, -0.25) is 4.90 Å². The lowest BCUT2D eigenvalue weighted by Crippen LogP contribution is -2.45. The van der Waals surface area contributed by atoms with Crippen molar-refractivity contribution in [3.8, 4) is 0 Å². The molecule has 1 fully saturated rings. The molecule has 1 N–H and O–H groups in total. The first-order valence-corrected chi connectivity index (χ1v) is 7.35. The van der Waals surface area contributed by atoms with Gasteiger partial charge in [0.25, 0.3) is 0 Å². The molecule has 1 heterocycles. The summed E-state index contributed by atoms with van der Waals surface area (Å²) in [6, 6.07) is 3.95. The van der Waals surface area contributed by atoms with Crippen molar-refractivity contribution in [2.75, 3.05) is 26.2 Å². The lowest BCUT2D eigenvalue weighted by atomic mass is 9.97. The predicted octanol–water partition coefficient (Wildman–Crippen LogP) is 3.99. The number of rotatable bonds is 4. The fourth-order valence-corrected chi connectivity index (χ4v) is 2.78. The Morgan fingerprint density at radius 2 is 1.70 bits per heavy atom. The Balaban J connectivity index is 2.25. The van der Waals surface area contributed by atoms with Gasteiger partial charge in [0, 0.05) is 38.6 Å². The topological polar surface area (TPSA) is 15.3 Å². The normalized spacial score (nSPS) is 18.9. The van der Waals surface area contributed by atoms with Crippen molar-refractivity contribution < 1.29 is 26.3 Å². The van der Waals surface area contributed by atoms with Gasteiger partial charge in [0.1, 0.15) is 0 Å². The smallest absolute Gasteiger partial charge is 0.314 e. The molecule has 23 heavy (non-hydrogen) atoms. The van der Waals surface area contributed by atoms with Crippen molar-refractivity contribution in [3.63, 3.8) is 0 Å². The van der Waals surface area contributed by atoms with Crippen LogP contribution in [0.2, 0.25) is 0 Å². The summed E-state index contributed by atoms with van der Waals surface area (Å²) < 4.78 is 76.2. The van der Waals surface area contributed by atoms with E-state index in [2.05, 4.69) is 5.32 Å². The number of piperazine rings is 1. The van der Waals surface area contributed by atoms with Gasteiger partial charge in [-0.25, -0.2) is 0 Å². The Morgan fingerprint density at radius 1 is 1.04 bits per heavy atom. The molecule has 1 aliphatic rings. The Morgan fingerprint density at radius 3 is 2.26 bits per heavy atom. The molecule has 0 amide bonds. The summed E-state index contributed by atoms with van der Waals surface area (Å²) in [5.41, 5.74) is -0.548. The molecule has 0 saturated carbocycles. The van der Waals surface area contributed by atoms with Crippen LogP contribution in [-0.2, 0) is 6.18 Å². The van der Waals surface area contributed by atoms with E-state index < -0.39 is 30.4 Å². The summed E-state index contributed by atoms with van der Waals surface area (Å²) in [6.45, 7) is 2.25. The molecule has 2 nitrogen and oxygen atoms in total. The van der Waals surface area contributed by atoms with Crippen molar-refractivity contribution in [2.45, 2.75) is 31.2 Å². The van der Waals surface area contributed by atoms with E-state index in [9.17, 15) is 26.3 Å². The molecule has 0 aliphatic carbocycles. The largest absolute Gasteiger partial charge is 0.416 e. The van der Waals surface area contributed by atoms with Crippen LogP contribution in [0.15, 0.2) is 24.3 Å². The van der Waals surface area contributed by atoms with Crippen LogP contribution < -0.4 is 5.32 Å². The number of hydrogen-bond donors (Lipinski definition) is 1. The fraction of sp³-hybridized carbons (Fsp3) is 0.600. The summed E-state index contributed by atoms with van der Waals surface area (Å²) in [4.78, 5) is 1.82. The molecular formula is C15H18F6N2. The molecular weight excluding hydrogens is 322 g/mol. The molecule has 0 spiro atoms. The third kappa shape index (κ3) is 5.39. The number of halogens is 6. The average molecular weight is 340 g/mol. The molecule has 1 aromatic rings. The van der Waals surface area contributed by atoms with Crippen LogP contribution in [0, 0.1) is 0 Å². The van der Waals surface area contributed by atoms with E-state index in [0.717, 1.165) is 12.1 Å². The first kappa shape index (κ1) is 18.1. The second kappa shape index (κ2) is 7.09. The summed E-state index contributed by atoms with van der Waals surface area (Å²) >= 11 is 0. The van der Waals surface area contributed by atoms with Gasteiger partial charge < -0.3 is 5.32 Å². The van der Waals surface area contributed by atoms with Gasteiger partial charge in [-0.05, 0) is 24.1 Å². The zero-order valence-electron chi connectivity index (χ0n) is 12.3. The van der Waals surface area contributed by atoms with Gasteiger partial charge in [-0.1, -0.05) is 12.1 Å². The minimum Gasteiger partial charge on any atom is -0.314 e. The molecule has 0 unspecified atom stereocenters. The highest BCUT2D eigenvalue weighted by molar-refractivity contribution is 5.28. The first-order chi connectivity index (χ1) is 10.7. The number of hydrogen-bond acceptors (Lipinski definition) is 2. The molecule has 2 rings (SSSR count). The zero-order valence-corrected chi connectivity index (χ0v) is 12.3. The second-order valence-electron chi connectivity index (χ2n) is 5.58. The van der Waals surface area contributed by atoms with Gasteiger partial charge in [0.15, 0.2) is 0 Å². The van der Waals surface area contributed by atoms with Gasteiger partial charge in [0.2, 0.25) is 0 Å². The van der Waals surface area contributed by atoms with Gasteiger partial charge in [-0.2, -0.15) is 26.3 Å². The van der Waals surface area contributed by atoms with Gasteiger partial charge >= 0.3 is 12.4 Å². The van der Waals surface area contributed by atoms with Crippen molar-refractivity contribution in [2.24, 2.45) is 0 Å².